The number of hydrogen-bond donors (Lipinski definition) is 1. The van der Waals surface area contributed by atoms with Crippen LogP contribution in [0.4, 0.5) is 0 Å². The quantitative estimate of drug-likeness (QED) is 0.282. The molecule has 0 amide bonds. The van der Waals surface area contributed by atoms with Gasteiger partial charge in [0.15, 0.2) is 0 Å². The third-order valence-electron chi connectivity index (χ3n) is 6.47. The number of ether oxygens (including phenoxy) is 1. The fourth-order valence-corrected chi connectivity index (χ4v) is 4.88. The number of hydrogen-bond acceptors (Lipinski definition) is 2. The van der Waals surface area contributed by atoms with Crippen molar-refractivity contribution in [3.8, 4) is 0 Å². The maximum Gasteiger partial charge on any atom is 0.133 e. The van der Waals surface area contributed by atoms with Gasteiger partial charge in [-0.3, -0.25) is 0 Å². The second-order valence-corrected chi connectivity index (χ2v) is 9.15. The number of aryl methyl sites for hydroxylation is 2. The van der Waals surface area contributed by atoms with Gasteiger partial charge in [-0.05, 0) is 49.4 Å². The lowest BCUT2D eigenvalue weighted by Gasteiger charge is -2.41. The van der Waals surface area contributed by atoms with E-state index in [-0.39, 0.29) is 6.04 Å². The zero-order chi connectivity index (χ0) is 23.8. The van der Waals surface area contributed by atoms with E-state index in [4.69, 9.17) is 4.74 Å². The Bertz CT molecular complexity index is 1100. The van der Waals surface area contributed by atoms with Gasteiger partial charge in [-0.15, -0.1) is 0 Å². The third-order valence-corrected chi connectivity index (χ3v) is 6.47. The molecule has 2 nitrogen and oxygen atoms in total. The first kappa shape index (κ1) is 23.9. The highest BCUT2D eigenvalue weighted by Crippen LogP contribution is 2.37. The van der Waals surface area contributed by atoms with Crippen molar-refractivity contribution in [2.24, 2.45) is 0 Å². The molecular formula is C32H35NO. The van der Waals surface area contributed by atoms with E-state index >= 15 is 0 Å². The van der Waals surface area contributed by atoms with Crippen LogP contribution in [0.2, 0.25) is 0 Å². The Kier molecular flexibility index (Phi) is 7.95. The SMILES string of the molecule is Cc1cc(C)cc(CCOC(c2ccccc2)(c2ccccc2)C(C)NCc2ccccc2)c1. The lowest BCUT2D eigenvalue weighted by atomic mass is 9.80. The van der Waals surface area contributed by atoms with Crippen LogP contribution in [0.5, 0.6) is 0 Å². The zero-order valence-corrected chi connectivity index (χ0v) is 20.5. The summed E-state index contributed by atoms with van der Waals surface area (Å²) < 4.78 is 6.97. The molecule has 0 aliphatic heterocycles. The molecule has 1 unspecified atom stereocenters. The molecule has 0 aromatic heterocycles. The van der Waals surface area contributed by atoms with Crippen molar-refractivity contribution < 1.29 is 4.74 Å². The van der Waals surface area contributed by atoms with E-state index in [0.29, 0.717) is 6.61 Å². The van der Waals surface area contributed by atoms with Crippen molar-refractivity contribution in [3.63, 3.8) is 0 Å². The summed E-state index contributed by atoms with van der Waals surface area (Å²) in [4.78, 5) is 0. The van der Waals surface area contributed by atoms with Gasteiger partial charge in [0.25, 0.3) is 0 Å². The van der Waals surface area contributed by atoms with Gasteiger partial charge in [-0.1, -0.05) is 120 Å². The van der Waals surface area contributed by atoms with E-state index in [1.807, 2.05) is 0 Å². The van der Waals surface area contributed by atoms with Gasteiger partial charge in [-0.25, -0.2) is 0 Å². The molecule has 2 heteroatoms. The van der Waals surface area contributed by atoms with Crippen molar-refractivity contribution in [3.05, 3.63) is 143 Å². The standard InChI is InChI=1S/C32H35NO/c1-25-21-26(2)23-29(22-25)19-20-34-32(30-15-9-5-10-16-30,31-17-11-6-12-18-31)27(3)33-24-28-13-7-4-8-14-28/h4-18,21-23,27,33H,19-20,24H2,1-3H3. The molecule has 34 heavy (non-hydrogen) atoms. The van der Waals surface area contributed by atoms with Crippen LogP contribution < -0.4 is 5.32 Å². The highest BCUT2D eigenvalue weighted by Gasteiger charge is 2.40. The number of nitrogens with one attached hydrogen (secondary N) is 1. The van der Waals surface area contributed by atoms with Gasteiger partial charge in [0.2, 0.25) is 0 Å². The van der Waals surface area contributed by atoms with Crippen molar-refractivity contribution in [1.29, 1.82) is 0 Å². The molecule has 0 saturated carbocycles. The molecule has 0 spiro atoms. The molecule has 0 saturated heterocycles. The summed E-state index contributed by atoms with van der Waals surface area (Å²) >= 11 is 0. The normalized spacial score (nSPS) is 12.4. The maximum atomic E-state index is 6.97. The molecule has 0 heterocycles. The number of benzene rings is 4. The maximum absolute atomic E-state index is 6.97. The fraction of sp³-hybridized carbons (Fsp3) is 0.250. The summed E-state index contributed by atoms with van der Waals surface area (Å²) in [5.41, 5.74) is 6.88. The monoisotopic (exact) mass is 449 g/mol. The van der Waals surface area contributed by atoms with Gasteiger partial charge in [0.1, 0.15) is 5.60 Å². The van der Waals surface area contributed by atoms with E-state index in [1.54, 1.807) is 0 Å². The molecule has 1 atom stereocenters. The molecule has 4 rings (SSSR count). The Morgan fingerprint density at radius 2 is 1.18 bits per heavy atom. The Balaban J connectivity index is 1.67. The summed E-state index contributed by atoms with van der Waals surface area (Å²) in [6.45, 7) is 7.96. The van der Waals surface area contributed by atoms with E-state index in [2.05, 4.69) is 135 Å². The minimum atomic E-state index is -0.615. The third kappa shape index (κ3) is 5.64. The topological polar surface area (TPSA) is 21.3 Å². The molecule has 0 fully saturated rings. The second-order valence-electron chi connectivity index (χ2n) is 9.15. The van der Waals surface area contributed by atoms with Crippen LogP contribution in [0.3, 0.4) is 0 Å². The van der Waals surface area contributed by atoms with Crippen molar-refractivity contribution in [1.82, 2.24) is 5.32 Å². The molecule has 0 radical (unpaired) electrons. The molecule has 1 N–H and O–H groups in total. The summed E-state index contributed by atoms with van der Waals surface area (Å²) in [7, 11) is 0. The smallest absolute Gasteiger partial charge is 0.133 e. The molecule has 4 aromatic rings. The summed E-state index contributed by atoms with van der Waals surface area (Å²) in [5, 5.41) is 3.78. The molecule has 0 aliphatic rings. The van der Waals surface area contributed by atoms with Crippen LogP contribution >= 0.6 is 0 Å². The van der Waals surface area contributed by atoms with Crippen molar-refractivity contribution in [2.75, 3.05) is 6.61 Å². The first-order valence-corrected chi connectivity index (χ1v) is 12.2. The number of rotatable bonds is 10. The summed E-state index contributed by atoms with van der Waals surface area (Å²) in [6.07, 6.45) is 0.870. The van der Waals surface area contributed by atoms with Crippen LogP contribution in [0, 0.1) is 13.8 Å². The molecular weight excluding hydrogens is 414 g/mol. The predicted molar refractivity (Wildman–Crippen MR) is 142 cm³/mol. The Labute approximate surface area is 204 Å². The predicted octanol–water partition coefficient (Wildman–Crippen LogP) is 6.98. The average Bonchev–Trinajstić information content (AvgIpc) is 2.86. The lowest BCUT2D eigenvalue weighted by molar-refractivity contribution is -0.0412. The van der Waals surface area contributed by atoms with Crippen LogP contribution in [0.1, 0.15) is 40.3 Å². The van der Waals surface area contributed by atoms with E-state index < -0.39 is 5.60 Å². The van der Waals surface area contributed by atoms with Crippen LogP contribution in [-0.2, 0) is 23.3 Å². The van der Waals surface area contributed by atoms with Gasteiger partial charge in [-0.2, -0.15) is 0 Å². The summed E-state index contributed by atoms with van der Waals surface area (Å²) in [5.74, 6) is 0. The van der Waals surface area contributed by atoms with Gasteiger partial charge >= 0.3 is 0 Å². The van der Waals surface area contributed by atoms with Crippen LogP contribution in [0.15, 0.2) is 109 Å². The molecule has 0 bridgehead atoms. The first-order chi connectivity index (χ1) is 16.6. The minimum absolute atomic E-state index is 0.0387. The molecule has 0 aliphatic carbocycles. The largest absolute Gasteiger partial charge is 0.364 e. The molecule has 174 valence electrons. The van der Waals surface area contributed by atoms with E-state index in [1.165, 1.54) is 22.3 Å². The van der Waals surface area contributed by atoms with E-state index in [9.17, 15) is 0 Å². The van der Waals surface area contributed by atoms with Gasteiger partial charge < -0.3 is 10.1 Å². The minimum Gasteiger partial charge on any atom is -0.364 e. The molecule has 4 aromatic carbocycles. The Hall–Kier alpha value is -3.20. The average molecular weight is 450 g/mol. The highest BCUT2D eigenvalue weighted by atomic mass is 16.5. The van der Waals surface area contributed by atoms with Crippen LogP contribution in [0.25, 0.3) is 0 Å². The highest BCUT2D eigenvalue weighted by molar-refractivity contribution is 5.39. The van der Waals surface area contributed by atoms with E-state index in [0.717, 1.165) is 24.1 Å². The lowest BCUT2D eigenvalue weighted by Crippen LogP contribution is -2.49. The van der Waals surface area contributed by atoms with Crippen molar-refractivity contribution >= 4 is 0 Å². The zero-order valence-electron chi connectivity index (χ0n) is 20.5. The second kappa shape index (κ2) is 11.3. The summed E-state index contributed by atoms with van der Waals surface area (Å²) in [6, 6.07) is 38.6. The fourth-order valence-electron chi connectivity index (χ4n) is 4.88. The van der Waals surface area contributed by atoms with Gasteiger partial charge in [0, 0.05) is 12.6 Å². The Morgan fingerprint density at radius 3 is 1.71 bits per heavy atom. The van der Waals surface area contributed by atoms with Crippen LogP contribution in [-0.4, -0.2) is 12.6 Å². The first-order valence-electron chi connectivity index (χ1n) is 12.2. The van der Waals surface area contributed by atoms with Gasteiger partial charge in [0.05, 0.1) is 6.61 Å². The van der Waals surface area contributed by atoms with Crippen molar-refractivity contribution in [2.45, 2.75) is 45.4 Å². The Morgan fingerprint density at radius 1 is 0.676 bits per heavy atom.